The minimum atomic E-state index is -0.649. The highest BCUT2D eigenvalue weighted by molar-refractivity contribution is 8.76. The van der Waals surface area contributed by atoms with E-state index in [0.29, 0.717) is 192 Å². The summed E-state index contributed by atoms with van der Waals surface area (Å²) in [5.41, 5.74) is 0. The van der Waals surface area contributed by atoms with E-state index in [0.717, 1.165) is 141 Å². The quantitative estimate of drug-likeness (QED) is 0.0192. The van der Waals surface area contributed by atoms with Gasteiger partial charge in [-0.3, -0.25) is 38.7 Å². The average Bonchev–Trinajstić information content (AvgIpc) is 3.62. The molecular formula is C70H134N4O14S2. The van der Waals surface area contributed by atoms with Gasteiger partial charge < -0.3 is 49.0 Å². The van der Waals surface area contributed by atoms with E-state index in [4.69, 9.17) is 23.7 Å². The lowest BCUT2D eigenvalue weighted by atomic mass is 10.1. The van der Waals surface area contributed by atoms with E-state index in [-0.39, 0.29) is 36.3 Å². The Bertz CT molecular complexity index is 1650. The molecule has 1 aliphatic rings. The van der Waals surface area contributed by atoms with Crippen LogP contribution in [0.4, 0.5) is 0 Å². The summed E-state index contributed by atoms with van der Waals surface area (Å²) in [6.07, 6.45) is 19.6. The van der Waals surface area contributed by atoms with Crippen molar-refractivity contribution in [2.24, 2.45) is 23.7 Å². The van der Waals surface area contributed by atoms with Gasteiger partial charge in [-0.25, -0.2) is 0 Å². The van der Waals surface area contributed by atoms with Crippen LogP contribution in [0.5, 0.6) is 0 Å². The van der Waals surface area contributed by atoms with Crippen LogP contribution in [0.25, 0.3) is 0 Å². The largest absolute Gasteiger partial charge is 0.465 e. The fourth-order valence-electron chi connectivity index (χ4n) is 11.1. The van der Waals surface area contributed by atoms with E-state index in [1.807, 2.05) is 26.5 Å². The van der Waals surface area contributed by atoms with Crippen molar-refractivity contribution in [3.63, 3.8) is 0 Å². The van der Waals surface area contributed by atoms with Crippen LogP contribution in [0.15, 0.2) is 0 Å². The van der Waals surface area contributed by atoms with Gasteiger partial charge in [0.05, 0.1) is 50.8 Å². The number of rotatable bonds is 62. The Morgan fingerprint density at radius 1 is 0.356 bits per heavy atom. The molecule has 4 N–H and O–H groups in total. The molecule has 0 aromatic heterocycles. The number of hydrogen-bond acceptors (Lipinski definition) is 20. The molecule has 0 saturated carbocycles. The lowest BCUT2D eigenvalue weighted by Gasteiger charge is -2.34. The molecule has 0 aromatic carbocycles. The Labute approximate surface area is 555 Å². The molecule has 1 saturated heterocycles. The van der Waals surface area contributed by atoms with E-state index in [1.165, 1.54) is 0 Å². The average molecular weight is 1320 g/mol. The predicted molar refractivity (Wildman–Crippen MR) is 367 cm³/mol. The monoisotopic (exact) mass is 1320 g/mol. The van der Waals surface area contributed by atoms with Gasteiger partial charge >= 0.3 is 29.8 Å². The maximum absolute atomic E-state index is 12.9. The normalized spacial score (nSPS) is 14.7. The van der Waals surface area contributed by atoms with Crippen molar-refractivity contribution in [2.45, 2.75) is 272 Å². The number of aliphatic hydroxyl groups is 4. The zero-order valence-corrected chi connectivity index (χ0v) is 59.9. The molecule has 4 atom stereocenters. The number of esters is 5. The van der Waals surface area contributed by atoms with E-state index < -0.39 is 24.4 Å². The molecule has 1 heterocycles. The summed E-state index contributed by atoms with van der Waals surface area (Å²) in [4.78, 5) is 71.1. The van der Waals surface area contributed by atoms with Gasteiger partial charge in [-0.15, -0.1) is 0 Å². The fraction of sp³-hybridized carbons (Fsp3) is 0.929. The third-order valence-corrected chi connectivity index (χ3v) is 20.6. The van der Waals surface area contributed by atoms with Gasteiger partial charge in [0, 0.05) is 103 Å². The molecule has 0 amide bonds. The van der Waals surface area contributed by atoms with Crippen LogP contribution in [0.3, 0.4) is 0 Å². The van der Waals surface area contributed by atoms with Crippen LogP contribution in [-0.2, 0) is 47.7 Å². The number of aliphatic hydroxyl groups excluding tert-OH is 4. The van der Waals surface area contributed by atoms with Gasteiger partial charge in [-0.1, -0.05) is 154 Å². The first-order valence-corrected chi connectivity index (χ1v) is 38.6. The molecule has 0 aromatic rings. The molecule has 0 bridgehead atoms. The maximum Gasteiger partial charge on any atom is 0.305 e. The molecular weight excluding hydrogens is 1180 g/mol. The number of carbonyl (C=O) groups is 5. The molecule has 4 unspecified atom stereocenters. The maximum atomic E-state index is 12.9. The van der Waals surface area contributed by atoms with Crippen molar-refractivity contribution in [3.05, 3.63) is 0 Å². The SMILES string of the molecule is CCC(CC)COC(=O)CCCCC(O)CN(CCCCSSCCCCN1CCN(CCOC(=O)CCCN(CC(O)CCCCC(=O)OCC(CC)CC)CC(O)CCCCC(=O)OCC(CC)CC)CC1)CC(O)CCCCC(=O)OCC(CC)CC. The van der Waals surface area contributed by atoms with E-state index in [1.54, 1.807) is 0 Å². The Balaban J connectivity index is 2.44. The van der Waals surface area contributed by atoms with E-state index in [9.17, 15) is 44.4 Å². The van der Waals surface area contributed by atoms with Gasteiger partial charge in [-0.2, -0.15) is 0 Å². The molecule has 0 spiro atoms. The summed E-state index contributed by atoms with van der Waals surface area (Å²) in [5.74, 6) is 2.74. The lowest BCUT2D eigenvalue weighted by Crippen LogP contribution is -2.47. The van der Waals surface area contributed by atoms with Crippen molar-refractivity contribution < 1.29 is 68.1 Å². The predicted octanol–water partition coefficient (Wildman–Crippen LogP) is 12.1. The van der Waals surface area contributed by atoms with Crippen molar-refractivity contribution in [3.8, 4) is 0 Å². The first-order chi connectivity index (χ1) is 43.5. The van der Waals surface area contributed by atoms with Crippen LogP contribution in [-0.4, -0.2) is 217 Å². The number of nitrogens with zero attached hydrogens (tertiary/aromatic N) is 4. The second kappa shape index (κ2) is 58.1. The van der Waals surface area contributed by atoms with Crippen LogP contribution >= 0.6 is 21.6 Å². The van der Waals surface area contributed by atoms with Crippen molar-refractivity contribution in [1.82, 2.24) is 19.6 Å². The molecule has 1 fully saturated rings. The number of ether oxygens (including phenoxy) is 5. The molecule has 0 aliphatic carbocycles. The molecule has 530 valence electrons. The summed E-state index contributed by atoms with van der Waals surface area (Å²) in [6.45, 7) is 27.6. The van der Waals surface area contributed by atoms with Gasteiger partial charge in [0.2, 0.25) is 0 Å². The number of unbranched alkanes of at least 4 members (excludes halogenated alkanes) is 6. The molecule has 18 nitrogen and oxygen atoms in total. The standard InChI is InChI=1S/C70H134N4O14S2/c1-9-58(10-2)54-85-67(80)34-21-17-30-62(75)50-73(51-63(76)31-18-22-35-68(81)86-55-59(11-3)12-4)40-26-28-49-90-89-48-27-25-39-71-42-44-72(45-43-71)46-47-84-66(79)38-29-41-74(52-64(77)32-19-23-36-69(82)87-56-60(13-5)14-6)53-65(78)33-20-24-37-70(83)88-57-61(15-7)16-8/h58-65,75-78H,9-57H2,1-8H3. The minimum Gasteiger partial charge on any atom is -0.465 e. The Hall–Kier alpha value is -2.27. The number of hydrogen-bond donors (Lipinski definition) is 4. The lowest BCUT2D eigenvalue weighted by molar-refractivity contribution is -0.146. The molecule has 20 heteroatoms. The summed E-state index contributed by atoms with van der Waals surface area (Å²) >= 11 is 0. The molecule has 1 aliphatic heterocycles. The van der Waals surface area contributed by atoms with Crippen LogP contribution in [0.2, 0.25) is 0 Å². The number of carbonyl (C=O) groups excluding carboxylic acids is 5. The second-order valence-electron chi connectivity index (χ2n) is 25.6. The Kier molecular flexibility index (Phi) is 55.4. The first-order valence-electron chi connectivity index (χ1n) is 36.1. The van der Waals surface area contributed by atoms with Crippen molar-refractivity contribution in [1.29, 1.82) is 0 Å². The van der Waals surface area contributed by atoms with E-state index in [2.05, 4.69) is 70.1 Å². The smallest absolute Gasteiger partial charge is 0.305 e. The zero-order valence-electron chi connectivity index (χ0n) is 58.2. The van der Waals surface area contributed by atoms with Crippen LogP contribution in [0, 0.1) is 23.7 Å². The highest BCUT2D eigenvalue weighted by atomic mass is 33.1. The topological polar surface area (TPSA) is 225 Å². The van der Waals surface area contributed by atoms with E-state index >= 15 is 0 Å². The highest BCUT2D eigenvalue weighted by Gasteiger charge is 2.22. The number of piperazine rings is 1. The summed E-state index contributed by atoms with van der Waals surface area (Å²) in [6, 6.07) is 0. The summed E-state index contributed by atoms with van der Waals surface area (Å²) in [7, 11) is 3.86. The van der Waals surface area contributed by atoms with Gasteiger partial charge in [0.15, 0.2) is 0 Å². The second-order valence-corrected chi connectivity index (χ2v) is 28.3. The third-order valence-electron chi connectivity index (χ3n) is 18.1. The Morgan fingerprint density at radius 3 is 0.956 bits per heavy atom. The van der Waals surface area contributed by atoms with Gasteiger partial charge in [0.1, 0.15) is 6.61 Å². The van der Waals surface area contributed by atoms with Gasteiger partial charge in [-0.05, 0) is 127 Å². The van der Waals surface area contributed by atoms with Crippen molar-refractivity contribution >= 4 is 51.4 Å². The molecule has 0 radical (unpaired) electrons. The highest BCUT2D eigenvalue weighted by Crippen LogP contribution is 2.25. The van der Waals surface area contributed by atoms with Crippen LogP contribution < -0.4 is 0 Å². The third kappa shape index (κ3) is 48.4. The van der Waals surface area contributed by atoms with Crippen LogP contribution in [0.1, 0.15) is 248 Å². The molecule has 1 rings (SSSR count). The first kappa shape index (κ1) is 85.7. The zero-order chi connectivity index (χ0) is 66.4. The van der Waals surface area contributed by atoms with Gasteiger partial charge in [0.25, 0.3) is 0 Å². The summed E-state index contributed by atoms with van der Waals surface area (Å²) < 4.78 is 27.5. The fourth-order valence-corrected chi connectivity index (χ4v) is 13.3. The molecule has 90 heavy (non-hydrogen) atoms. The summed E-state index contributed by atoms with van der Waals surface area (Å²) in [5, 5.41) is 44.1. The van der Waals surface area contributed by atoms with Crippen molar-refractivity contribution in [2.75, 3.05) is 123 Å². The Morgan fingerprint density at radius 2 is 0.633 bits per heavy atom. The minimum absolute atomic E-state index is 0.166.